The van der Waals surface area contributed by atoms with Gasteiger partial charge in [0, 0.05) is 0 Å². The maximum Gasteiger partial charge on any atom is -0.00205 e. The Kier molecular flexibility index (Phi) is 6.41. The van der Waals surface area contributed by atoms with Crippen LogP contribution in [0.2, 0.25) is 0 Å². The zero-order valence-corrected chi connectivity index (χ0v) is 11.6. The van der Waals surface area contributed by atoms with Crippen LogP contribution in [0.15, 0.2) is 0 Å². The molecule has 1 heteroatoms. The minimum absolute atomic E-state index is 0.990. The van der Waals surface area contributed by atoms with Crippen molar-refractivity contribution in [3.8, 4) is 0 Å². The highest BCUT2D eigenvalue weighted by atomic mass is 14.9. The Hall–Kier alpha value is -0.0400. The molecule has 0 saturated heterocycles. The number of hydrogen-bond acceptors (Lipinski definition) is 1. The van der Waals surface area contributed by atoms with E-state index >= 15 is 0 Å². The highest BCUT2D eigenvalue weighted by Gasteiger charge is 2.14. The maximum atomic E-state index is 3.73. The molecule has 2 rings (SSSR count). The molecule has 0 aliphatic heterocycles. The lowest BCUT2D eigenvalue weighted by Crippen LogP contribution is -2.25. The molecule has 0 amide bonds. The molecule has 0 bridgehead atoms. The Morgan fingerprint density at radius 1 is 0.647 bits per heavy atom. The highest BCUT2D eigenvalue weighted by molar-refractivity contribution is 4.69. The Balaban J connectivity index is 1.49. The summed E-state index contributed by atoms with van der Waals surface area (Å²) < 4.78 is 0. The zero-order chi connectivity index (χ0) is 11.8. The van der Waals surface area contributed by atoms with Gasteiger partial charge in [-0.2, -0.15) is 0 Å². The summed E-state index contributed by atoms with van der Waals surface area (Å²) in [7, 11) is 0. The van der Waals surface area contributed by atoms with E-state index in [9.17, 15) is 0 Å². The Bertz CT molecular complexity index is 176. The van der Waals surface area contributed by atoms with Crippen LogP contribution in [-0.2, 0) is 0 Å². The largest absolute Gasteiger partial charge is 0.316 e. The molecule has 1 nitrogen and oxygen atoms in total. The first-order valence-electron chi connectivity index (χ1n) is 8.16. The molecule has 2 aliphatic carbocycles. The Labute approximate surface area is 108 Å². The lowest BCUT2D eigenvalue weighted by Gasteiger charge is -2.22. The van der Waals surface area contributed by atoms with Crippen LogP contribution in [-0.4, -0.2) is 13.1 Å². The SMILES string of the molecule is C1CCC(CCNCC2CCCCCC2)CC1. The summed E-state index contributed by atoms with van der Waals surface area (Å²) in [5.41, 5.74) is 0. The van der Waals surface area contributed by atoms with Gasteiger partial charge in [0.15, 0.2) is 0 Å². The van der Waals surface area contributed by atoms with E-state index < -0.39 is 0 Å². The van der Waals surface area contributed by atoms with E-state index in [-0.39, 0.29) is 0 Å². The van der Waals surface area contributed by atoms with Crippen molar-refractivity contribution in [1.82, 2.24) is 5.32 Å². The van der Waals surface area contributed by atoms with Gasteiger partial charge in [0.05, 0.1) is 0 Å². The highest BCUT2D eigenvalue weighted by Crippen LogP contribution is 2.26. The second kappa shape index (κ2) is 8.13. The first-order chi connectivity index (χ1) is 8.45. The van der Waals surface area contributed by atoms with Gasteiger partial charge in [-0.1, -0.05) is 57.8 Å². The van der Waals surface area contributed by atoms with Gasteiger partial charge in [0.1, 0.15) is 0 Å². The van der Waals surface area contributed by atoms with Crippen LogP contribution in [0.25, 0.3) is 0 Å². The van der Waals surface area contributed by atoms with Crippen molar-refractivity contribution in [3.63, 3.8) is 0 Å². The molecule has 0 unspecified atom stereocenters. The van der Waals surface area contributed by atoms with Gasteiger partial charge in [-0.05, 0) is 44.2 Å². The standard InChI is InChI=1S/C16H31N/c1-2-5-11-16(10-4-1)14-17-13-12-15-8-6-3-7-9-15/h15-17H,1-14H2. The summed E-state index contributed by atoms with van der Waals surface area (Å²) in [5.74, 6) is 2.04. The smallest absolute Gasteiger partial charge is 0.00205 e. The van der Waals surface area contributed by atoms with Crippen molar-refractivity contribution < 1.29 is 0 Å². The second-order valence-electron chi connectivity index (χ2n) is 6.35. The third kappa shape index (κ3) is 5.42. The summed E-state index contributed by atoms with van der Waals surface area (Å²) in [6.07, 6.45) is 17.8. The molecule has 0 spiro atoms. The maximum absolute atomic E-state index is 3.73. The Morgan fingerprint density at radius 3 is 1.82 bits per heavy atom. The molecule has 0 radical (unpaired) electrons. The van der Waals surface area contributed by atoms with Crippen molar-refractivity contribution in [3.05, 3.63) is 0 Å². The fourth-order valence-corrected chi connectivity index (χ4v) is 3.66. The van der Waals surface area contributed by atoms with Gasteiger partial charge >= 0.3 is 0 Å². The van der Waals surface area contributed by atoms with Gasteiger partial charge in [-0.15, -0.1) is 0 Å². The predicted octanol–water partition coefficient (Wildman–Crippen LogP) is 4.52. The van der Waals surface area contributed by atoms with Crippen molar-refractivity contribution in [2.45, 2.75) is 77.0 Å². The van der Waals surface area contributed by atoms with E-state index in [1.807, 2.05) is 0 Å². The molecule has 100 valence electrons. The van der Waals surface area contributed by atoms with Crippen LogP contribution in [0.5, 0.6) is 0 Å². The minimum atomic E-state index is 0.990. The fraction of sp³-hybridized carbons (Fsp3) is 1.00. The summed E-state index contributed by atoms with van der Waals surface area (Å²) in [5, 5.41) is 3.73. The molecule has 1 N–H and O–H groups in total. The monoisotopic (exact) mass is 237 g/mol. The lowest BCUT2D eigenvalue weighted by molar-refractivity contribution is 0.327. The quantitative estimate of drug-likeness (QED) is 0.548. The van der Waals surface area contributed by atoms with Gasteiger partial charge in [0.25, 0.3) is 0 Å². The van der Waals surface area contributed by atoms with Gasteiger partial charge in [0.2, 0.25) is 0 Å². The van der Waals surface area contributed by atoms with Crippen LogP contribution < -0.4 is 5.32 Å². The predicted molar refractivity (Wildman–Crippen MR) is 75.3 cm³/mol. The second-order valence-corrected chi connectivity index (χ2v) is 6.35. The average Bonchev–Trinajstić information content (AvgIpc) is 2.65. The van der Waals surface area contributed by atoms with E-state index in [1.54, 1.807) is 0 Å². The van der Waals surface area contributed by atoms with Crippen LogP contribution in [0.4, 0.5) is 0 Å². The van der Waals surface area contributed by atoms with Crippen LogP contribution in [0.3, 0.4) is 0 Å². The molecule has 0 aromatic heterocycles. The van der Waals surface area contributed by atoms with Gasteiger partial charge in [-0.25, -0.2) is 0 Å². The minimum Gasteiger partial charge on any atom is -0.316 e. The molecule has 2 aliphatic rings. The summed E-state index contributed by atoms with van der Waals surface area (Å²) in [6, 6.07) is 0. The molecule has 2 fully saturated rings. The first kappa shape index (κ1) is 13.4. The Morgan fingerprint density at radius 2 is 1.18 bits per heavy atom. The first-order valence-corrected chi connectivity index (χ1v) is 8.16. The third-order valence-electron chi connectivity index (χ3n) is 4.86. The van der Waals surface area contributed by atoms with Crippen molar-refractivity contribution in [2.75, 3.05) is 13.1 Å². The summed E-state index contributed by atoms with van der Waals surface area (Å²) in [4.78, 5) is 0. The summed E-state index contributed by atoms with van der Waals surface area (Å²) in [6.45, 7) is 2.58. The molecule has 0 atom stereocenters. The number of hydrogen-bond donors (Lipinski definition) is 1. The number of nitrogens with one attached hydrogen (secondary N) is 1. The van der Waals surface area contributed by atoms with Crippen molar-refractivity contribution in [1.29, 1.82) is 0 Å². The molecule has 0 heterocycles. The normalized spacial score (nSPS) is 24.7. The van der Waals surface area contributed by atoms with E-state index in [1.165, 1.54) is 90.1 Å². The van der Waals surface area contributed by atoms with E-state index in [2.05, 4.69) is 5.32 Å². The summed E-state index contributed by atoms with van der Waals surface area (Å²) >= 11 is 0. The fourth-order valence-electron chi connectivity index (χ4n) is 3.66. The van der Waals surface area contributed by atoms with Crippen LogP contribution in [0, 0.1) is 11.8 Å². The van der Waals surface area contributed by atoms with Crippen molar-refractivity contribution in [2.24, 2.45) is 11.8 Å². The van der Waals surface area contributed by atoms with Gasteiger partial charge in [-0.3, -0.25) is 0 Å². The molecular weight excluding hydrogens is 206 g/mol. The zero-order valence-electron chi connectivity index (χ0n) is 11.6. The molecular formula is C16H31N. The van der Waals surface area contributed by atoms with Gasteiger partial charge < -0.3 is 5.32 Å². The van der Waals surface area contributed by atoms with E-state index in [0.717, 1.165) is 11.8 Å². The number of rotatable bonds is 5. The third-order valence-corrected chi connectivity index (χ3v) is 4.86. The van der Waals surface area contributed by atoms with Crippen LogP contribution in [0.1, 0.15) is 77.0 Å². The molecule has 17 heavy (non-hydrogen) atoms. The average molecular weight is 237 g/mol. The van der Waals surface area contributed by atoms with Crippen molar-refractivity contribution >= 4 is 0 Å². The lowest BCUT2D eigenvalue weighted by atomic mass is 9.87. The van der Waals surface area contributed by atoms with Crippen LogP contribution >= 0.6 is 0 Å². The molecule has 2 saturated carbocycles. The molecule has 0 aromatic carbocycles. The van der Waals surface area contributed by atoms with E-state index in [4.69, 9.17) is 0 Å². The van der Waals surface area contributed by atoms with E-state index in [0.29, 0.717) is 0 Å². The topological polar surface area (TPSA) is 12.0 Å². The molecule has 0 aromatic rings.